The Morgan fingerprint density at radius 2 is 2.10 bits per heavy atom. The van der Waals surface area contributed by atoms with E-state index in [-0.39, 0.29) is 0 Å². The molecular formula is C9H17N. The molecule has 0 spiro atoms. The van der Waals surface area contributed by atoms with Crippen LogP contribution in [0.5, 0.6) is 0 Å². The molecule has 1 N–H and O–H groups in total. The molecule has 0 radical (unpaired) electrons. The van der Waals surface area contributed by atoms with Gasteiger partial charge in [-0.25, -0.2) is 0 Å². The van der Waals surface area contributed by atoms with E-state index in [0.717, 1.165) is 11.3 Å². The average Bonchev–Trinajstić information content (AvgIpc) is 1.72. The van der Waals surface area contributed by atoms with Gasteiger partial charge in [0.05, 0.1) is 0 Å². The van der Waals surface area contributed by atoms with E-state index in [2.05, 4.69) is 12.2 Å². The Morgan fingerprint density at radius 1 is 1.40 bits per heavy atom. The van der Waals surface area contributed by atoms with E-state index in [1.165, 1.54) is 38.8 Å². The maximum Gasteiger partial charge on any atom is 0.000811 e. The van der Waals surface area contributed by atoms with E-state index in [4.69, 9.17) is 0 Å². The third-order valence-electron chi connectivity index (χ3n) is 3.09. The van der Waals surface area contributed by atoms with Gasteiger partial charge in [-0.2, -0.15) is 0 Å². The Hall–Kier alpha value is -0.0400. The van der Waals surface area contributed by atoms with E-state index < -0.39 is 0 Å². The van der Waals surface area contributed by atoms with Crippen LogP contribution < -0.4 is 5.32 Å². The molecule has 0 heterocycles. The minimum atomic E-state index is 0.805. The van der Waals surface area contributed by atoms with Gasteiger partial charge in [0, 0.05) is 6.54 Å². The first-order valence-electron chi connectivity index (χ1n) is 4.55. The van der Waals surface area contributed by atoms with Crippen molar-refractivity contribution in [2.75, 3.05) is 13.1 Å². The van der Waals surface area contributed by atoms with Gasteiger partial charge in [-0.3, -0.25) is 0 Å². The van der Waals surface area contributed by atoms with Gasteiger partial charge in [-0.1, -0.05) is 6.92 Å². The molecule has 0 aliphatic heterocycles. The summed E-state index contributed by atoms with van der Waals surface area (Å²) in [6.45, 7) is 4.75. The molecule has 0 aromatic carbocycles. The molecule has 0 saturated heterocycles. The standard InChI is InChI=1S/C9H17N/c1-2-3-10-7-9-4-8(5-9)6-9/h8,10H,2-7H2,1H3. The molecule has 3 aliphatic carbocycles. The smallest absolute Gasteiger partial charge is 0.000811 e. The number of rotatable bonds is 4. The van der Waals surface area contributed by atoms with Gasteiger partial charge < -0.3 is 5.32 Å². The summed E-state index contributed by atoms with van der Waals surface area (Å²) in [7, 11) is 0. The Balaban J connectivity index is 1.62. The van der Waals surface area contributed by atoms with Crippen molar-refractivity contribution in [1.82, 2.24) is 5.32 Å². The third-order valence-corrected chi connectivity index (χ3v) is 3.09. The minimum absolute atomic E-state index is 0.805. The maximum absolute atomic E-state index is 3.52. The van der Waals surface area contributed by atoms with Gasteiger partial charge in [-0.05, 0) is 43.6 Å². The van der Waals surface area contributed by atoms with Crippen molar-refractivity contribution >= 4 is 0 Å². The van der Waals surface area contributed by atoms with Crippen molar-refractivity contribution in [2.24, 2.45) is 11.3 Å². The van der Waals surface area contributed by atoms with Crippen LogP contribution in [0.4, 0.5) is 0 Å². The van der Waals surface area contributed by atoms with Gasteiger partial charge in [0.25, 0.3) is 0 Å². The van der Waals surface area contributed by atoms with Crippen LogP contribution in [-0.2, 0) is 0 Å². The normalized spacial score (nSPS) is 42.3. The molecule has 3 aliphatic rings. The highest BCUT2D eigenvalue weighted by Crippen LogP contribution is 2.63. The number of nitrogens with one attached hydrogen (secondary N) is 1. The minimum Gasteiger partial charge on any atom is -0.316 e. The first-order valence-corrected chi connectivity index (χ1v) is 4.55. The van der Waals surface area contributed by atoms with Crippen LogP contribution in [0.25, 0.3) is 0 Å². The van der Waals surface area contributed by atoms with Gasteiger partial charge >= 0.3 is 0 Å². The molecule has 3 rings (SSSR count). The van der Waals surface area contributed by atoms with Crippen molar-refractivity contribution in [3.05, 3.63) is 0 Å². The summed E-state index contributed by atoms with van der Waals surface area (Å²) in [6, 6.07) is 0. The molecule has 3 saturated carbocycles. The van der Waals surface area contributed by atoms with Crippen LogP contribution in [0.15, 0.2) is 0 Å². The Kier molecular flexibility index (Phi) is 1.48. The number of hydrogen-bond donors (Lipinski definition) is 1. The zero-order chi connectivity index (χ0) is 7.03. The molecular weight excluding hydrogens is 122 g/mol. The SMILES string of the molecule is CCCNCC12CC(C1)C2. The molecule has 0 unspecified atom stereocenters. The summed E-state index contributed by atoms with van der Waals surface area (Å²) < 4.78 is 0. The summed E-state index contributed by atoms with van der Waals surface area (Å²) >= 11 is 0. The fourth-order valence-electron chi connectivity index (χ4n) is 2.40. The fraction of sp³-hybridized carbons (Fsp3) is 1.00. The number of hydrogen-bond acceptors (Lipinski definition) is 1. The van der Waals surface area contributed by atoms with Crippen molar-refractivity contribution in [3.63, 3.8) is 0 Å². The van der Waals surface area contributed by atoms with Gasteiger partial charge in [0.2, 0.25) is 0 Å². The quantitative estimate of drug-likeness (QED) is 0.585. The molecule has 0 aromatic heterocycles. The second-order valence-corrected chi connectivity index (χ2v) is 4.16. The molecule has 2 bridgehead atoms. The van der Waals surface area contributed by atoms with Gasteiger partial charge in [0.15, 0.2) is 0 Å². The van der Waals surface area contributed by atoms with Crippen LogP contribution in [0.1, 0.15) is 32.6 Å². The van der Waals surface area contributed by atoms with E-state index in [9.17, 15) is 0 Å². The second kappa shape index (κ2) is 2.23. The highest BCUT2D eigenvalue weighted by Gasteiger charge is 2.55. The third kappa shape index (κ3) is 0.878. The summed E-state index contributed by atoms with van der Waals surface area (Å²) in [5.41, 5.74) is 0.805. The largest absolute Gasteiger partial charge is 0.316 e. The molecule has 0 aromatic rings. The average molecular weight is 139 g/mol. The zero-order valence-electron chi connectivity index (χ0n) is 6.82. The predicted octanol–water partition coefficient (Wildman–Crippen LogP) is 1.79. The zero-order valence-corrected chi connectivity index (χ0v) is 6.82. The highest BCUT2D eigenvalue weighted by atomic mass is 14.9. The second-order valence-electron chi connectivity index (χ2n) is 4.16. The summed E-state index contributed by atoms with van der Waals surface area (Å²) in [5.74, 6) is 1.14. The fourth-order valence-corrected chi connectivity index (χ4v) is 2.40. The molecule has 3 fully saturated rings. The van der Waals surface area contributed by atoms with Crippen LogP contribution >= 0.6 is 0 Å². The van der Waals surface area contributed by atoms with Crippen LogP contribution in [0.2, 0.25) is 0 Å². The van der Waals surface area contributed by atoms with Crippen LogP contribution in [-0.4, -0.2) is 13.1 Å². The molecule has 0 atom stereocenters. The van der Waals surface area contributed by atoms with Crippen molar-refractivity contribution in [1.29, 1.82) is 0 Å². The van der Waals surface area contributed by atoms with E-state index >= 15 is 0 Å². The predicted molar refractivity (Wildman–Crippen MR) is 42.9 cm³/mol. The van der Waals surface area contributed by atoms with Crippen molar-refractivity contribution < 1.29 is 0 Å². The van der Waals surface area contributed by atoms with E-state index in [0.29, 0.717) is 0 Å². The first-order chi connectivity index (χ1) is 4.85. The van der Waals surface area contributed by atoms with Gasteiger partial charge in [-0.15, -0.1) is 0 Å². The topological polar surface area (TPSA) is 12.0 Å². The van der Waals surface area contributed by atoms with E-state index in [1.54, 1.807) is 0 Å². The van der Waals surface area contributed by atoms with E-state index in [1.807, 2.05) is 0 Å². The lowest BCUT2D eigenvalue weighted by Gasteiger charge is -2.62. The Labute approximate surface area is 63.2 Å². The van der Waals surface area contributed by atoms with Crippen molar-refractivity contribution in [3.8, 4) is 0 Å². The molecule has 1 heteroatoms. The first kappa shape index (κ1) is 6.66. The summed E-state index contributed by atoms with van der Waals surface area (Å²) in [4.78, 5) is 0. The Morgan fingerprint density at radius 3 is 2.50 bits per heavy atom. The maximum atomic E-state index is 3.52. The summed E-state index contributed by atoms with van der Waals surface area (Å²) in [6.07, 6.45) is 5.87. The lowest BCUT2D eigenvalue weighted by atomic mass is 9.44. The van der Waals surface area contributed by atoms with Crippen molar-refractivity contribution in [2.45, 2.75) is 32.6 Å². The lowest BCUT2D eigenvalue weighted by Crippen LogP contribution is -2.56. The molecule has 58 valence electrons. The molecule has 0 amide bonds. The lowest BCUT2D eigenvalue weighted by molar-refractivity contribution is -0.102. The monoisotopic (exact) mass is 139 g/mol. The molecule has 1 nitrogen and oxygen atoms in total. The highest BCUT2D eigenvalue weighted by molar-refractivity contribution is 5.07. The van der Waals surface area contributed by atoms with Gasteiger partial charge in [0.1, 0.15) is 0 Å². The molecule has 10 heavy (non-hydrogen) atoms. The van der Waals surface area contributed by atoms with Crippen LogP contribution in [0.3, 0.4) is 0 Å². The Bertz CT molecular complexity index is 114. The summed E-state index contributed by atoms with van der Waals surface area (Å²) in [5, 5.41) is 3.52. The van der Waals surface area contributed by atoms with Crippen LogP contribution in [0, 0.1) is 11.3 Å².